The highest BCUT2D eigenvalue weighted by atomic mass is 35.5. The highest BCUT2D eigenvalue weighted by Gasteiger charge is 2.27. The standard InChI is InChI=1S/C19H29N3O2S.ClH/c1-14(2)25-17-8-6-15(7-9-17)19(24)22-12-4-3-5-16(22)13-21-18(23)10-11-20;/h6-9,14,16H,3-5,10-13,20H2,1-2H3,(H,21,23);1H. The fourth-order valence-corrected chi connectivity index (χ4v) is 3.88. The number of rotatable bonds is 7. The lowest BCUT2D eigenvalue weighted by molar-refractivity contribution is -0.121. The van der Waals surface area contributed by atoms with E-state index in [0.29, 0.717) is 30.3 Å². The highest BCUT2D eigenvalue weighted by Crippen LogP contribution is 2.24. The molecule has 0 spiro atoms. The molecule has 1 fully saturated rings. The van der Waals surface area contributed by atoms with Gasteiger partial charge in [-0.1, -0.05) is 13.8 Å². The molecule has 0 radical (unpaired) electrons. The first-order valence-corrected chi connectivity index (χ1v) is 9.93. The summed E-state index contributed by atoms with van der Waals surface area (Å²) in [7, 11) is 0. The van der Waals surface area contributed by atoms with E-state index in [1.54, 1.807) is 11.8 Å². The lowest BCUT2D eigenvalue weighted by atomic mass is 10.0. The van der Waals surface area contributed by atoms with Crippen molar-refractivity contribution in [2.45, 2.75) is 55.7 Å². The molecule has 1 saturated heterocycles. The molecule has 1 atom stereocenters. The van der Waals surface area contributed by atoms with Gasteiger partial charge in [-0.05, 0) is 43.5 Å². The number of carbonyl (C=O) groups is 2. The Labute approximate surface area is 166 Å². The van der Waals surface area contributed by atoms with E-state index in [0.717, 1.165) is 25.8 Å². The number of likely N-dealkylation sites (tertiary alicyclic amines) is 1. The first-order valence-electron chi connectivity index (χ1n) is 9.05. The van der Waals surface area contributed by atoms with Gasteiger partial charge in [0.2, 0.25) is 5.91 Å². The topological polar surface area (TPSA) is 75.4 Å². The number of nitrogens with one attached hydrogen (secondary N) is 1. The molecule has 1 unspecified atom stereocenters. The number of halogens is 1. The fraction of sp³-hybridized carbons (Fsp3) is 0.579. The Bertz CT molecular complexity index is 581. The second-order valence-electron chi connectivity index (χ2n) is 6.68. The summed E-state index contributed by atoms with van der Waals surface area (Å²) in [5, 5.41) is 3.42. The SMILES string of the molecule is CC(C)Sc1ccc(C(=O)N2CCCCC2CNC(=O)CCN)cc1.Cl. The number of hydrogen-bond acceptors (Lipinski definition) is 4. The molecule has 0 aromatic heterocycles. The first-order chi connectivity index (χ1) is 12.0. The van der Waals surface area contributed by atoms with Gasteiger partial charge in [0.25, 0.3) is 5.91 Å². The van der Waals surface area contributed by atoms with Crippen LogP contribution in [0.25, 0.3) is 0 Å². The van der Waals surface area contributed by atoms with Crippen molar-refractivity contribution < 1.29 is 9.59 Å². The lowest BCUT2D eigenvalue weighted by Gasteiger charge is -2.36. The number of thioether (sulfide) groups is 1. The summed E-state index contributed by atoms with van der Waals surface area (Å²) in [5.41, 5.74) is 6.12. The number of amides is 2. The van der Waals surface area contributed by atoms with Crippen LogP contribution in [0.4, 0.5) is 0 Å². The van der Waals surface area contributed by atoms with Crippen molar-refractivity contribution >= 4 is 36.0 Å². The summed E-state index contributed by atoms with van der Waals surface area (Å²) in [6, 6.07) is 7.91. The van der Waals surface area contributed by atoms with E-state index in [-0.39, 0.29) is 30.3 Å². The third kappa shape index (κ3) is 6.82. The van der Waals surface area contributed by atoms with Crippen molar-refractivity contribution in [2.75, 3.05) is 19.6 Å². The van der Waals surface area contributed by atoms with E-state index in [1.807, 2.05) is 29.2 Å². The quantitative estimate of drug-likeness (QED) is 0.691. The molecule has 0 aliphatic carbocycles. The number of piperidine rings is 1. The Morgan fingerprint density at radius 3 is 2.58 bits per heavy atom. The minimum atomic E-state index is -0.0458. The van der Waals surface area contributed by atoms with Gasteiger partial charge in [0.1, 0.15) is 0 Å². The van der Waals surface area contributed by atoms with Crippen LogP contribution in [0.3, 0.4) is 0 Å². The molecule has 7 heteroatoms. The summed E-state index contributed by atoms with van der Waals surface area (Å²) in [6.07, 6.45) is 3.36. The highest BCUT2D eigenvalue weighted by molar-refractivity contribution is 7.99. The second-order valence-corrected chi connectivity index (χ2v) is 8.33. The Kier molecular flexibility index (Phi) is 10.1. The molecular weight excluding hydrogens is 370 g/mol. The smallest absolute Gasteiger partial charge is 0.254 e. The number of hydrogen-bond donors (Lipinski definition) is 2. The van der Waals surface area contributed by atoms with Crippen LogP contribution < -0.4 is 11.1 Å². The maximum atomic E-state index is 12.9. The average molecular weight is 400 g/mol. The molecule has 26 heavy (non-hydrogen) atoms. The van der Waals surface area contributed by atoms with Gasteiger partial charge >= 0.3 is 0 Å². The molecule has 1 aromatic carbocycles. The number of nitrogens with zero attached hydrogens (tertiary/aromatic N) is 1. The van der Waals surface area contributed by atoms with Crippen molar-refractivity contribution in [3.8, 4) is 0 Å². The Balaban J connectivity index is 0.00000338. The van der Waals surface area contributed by atoms with E-state index >= 15 is 0 Å². The van der Waals surface area contributed by atoms with Gasteiger partial charge in [-0.15, -0.1) is 24.2 Å². The van der Waals surface area contributed by atoms with E-state index in [9.17, 15) is 9.59 Å². The maximum Gasteiger partial charge on any atom is 0.254 e. The molecule has 0 bridgehead atoms. The van der Waals surface area contributed by atoms with Crippen LogP contribution in [0.1, 0.15) is 49.9 Å². The molecular formula is C19H30ClN3O2S. The first kappa shape index (κ1) is 22.8. The second kappa shape index (κ2) is 11.5. The van der Waals surface area contributed by atoms with Crippen LogP contribution in [0.15, 0.2) is 29.2 Å². The molecule has 1 aromatic rings. The molecule has 146 valence electrons. The molecule has 1 heterocycles. The van der Waals surface area contributed by atoms with Gasteiger partial charge < -0.3 is 16.0 Å². The van der Waals surface area contributed by atoms with Crippen molar-refractivity contribution in [2.24, 2.45) is 5.73 Å². The van der Waals surface area contributed by atoms with Gasteiger partial charge in [-0.25, -0.2) is 0 Å². The van der Waals surface area contributed by atoms with E-state index in [2.05, 4.69) is 19.2 Å². The zero-order valence-corrected chi connectivity index (χ0v) is 17.2. The van der Waals surface area contributed by atoms with Crippen LogP contribution in [-0.2, 0) is 4.79 Å². The van der Waals surface area contributed by atoms with Crippen LogP contribution in [0.2, 0.25) is 0 Å². The number of benzene rings is 1. The molecule has 3 N–H and O–H groups in total. The molecule has 2 amide bonds. The third-order valence-corrected chi connectivity index (χ3v) is 5.28. The van der Waals surface area contributed by atoms with Gasteiger partial charge in [-0.2, -0.15) is 0 Å². The predicted molar refractivity (Wildman–Crippen MR) is 110 cm³/mol. The van der Waals surface area contributed by atoms with Crippen LogP contribution in [-0.4, -0.2) is 47.6 Å². The minimum Gasteiger partial charge on any atom is -0.354 e. The summed E-state index contributed by atoms with van der Waals surface area (Å²) < 4.78 is 0. The van der Waals surface area contributed by atoms with E-state index in [4.69, 9.17) is 5.73 Å². The van der Waals surface area contributed by atoms with E-state index in [1.165, 1.54) is 4.90 Å². The zero-order valence-electron chi connectivity index (χ0n) is 15.6. The molecule has 1 aliphatic heterocycles. The van der Waals surface area contributed by atoms with Crippen molar-refractivity contribution in [3.05, 3.63) is 29.8 Å². The summed E-state index contributed by atoms with van der Waals surface area (Å²) in [5.74, 6) is 0.00871. The number of nitrogens with two attached hydrogens (primary N) is 1. The normalized spacial score (nSPS) is 16.9. The number of carbonyl (C=O) groups excluding carboxylic acids is 2. The monoisotopic (exact) mass is 399 g/mol. The summed E-state index contributed by atoms with van der Waals surface area (Å²) in [6.45, 7) is 5.91. The molecule has 0 saturated carbocycles. The third-order valence-electron chi connectivity index (χ3n) is 4.27. The zero-order chi connectivity index (χ0) is 18.2. The predicted octanol–water partition coefficient (Wildman–Crippen LogP) is 3.07. The minimum absolute atomic E-state index is 0. The Morgan fingerprint density at radius 1 is 1.27 bits per heavy atom. The van der Waals surface area contributed by atoms with E-state index < -0.39 is 0 Å². The summed E-state index contributed by atoms with van der Waals surface area (Å²) in [4.78, 5) is 27.7. The molecule has 1 aliphatic rings. The van der Waals surface area contributed by atoms with Crippen LogP contribution in [0.5, 0.6) is 0 Å². The molecule has 5 nitrogen and oxygen atoms in total. The van der Waals surface area contributed by atoms with Crippen molar-refractivity contribution in [1.82, 2.24) is 10.2 Å². The van der Waals surface area contributed by atoms with Gasteiger partial charge in [0.15, 0.2) is 0 Å². The largest absolute Gasteiger partial charge is 0.354 e. The van der Waals surface area contributed by atoms with Gasteiger partial charge in [-0.3, -0.25) is 9.59 Å². The maximum absolute atomic E-state index is 12.9. The summed E-state index contributed by atoms with van der Waals surface area (Å²) >= 11 is 1.79. The Morgan fingerprint density at radius 2 is 1.96 bits per heavy atom. The Hall–Kier alpha value is -1.24. The van der Waals surface area contributed by atoms with Gasteiger partial charge in [0.05, 0.1) is 0 Å². The average Bonchev–Trinajstić information content (AvgIpc) is 2.60. The van der Waals surface area contributed by atoms with Crippen LogP contribution in [0, 0.1) is 0 Å². The van der Waals surface area contributed by atoms with Gasteiger partial charge in [0, 0.05) is 47.8 Å². The van der Waals surface area contributed by atoms with Crippen molar-refractivity contribution in [3.63, 3.8) is 0 Å². The van der Waals surface area contributed by atoms with Crippen LogP contribution >= 0.6 is 24.2 Å². The lowest BCUT2D eigenvalue weighted by Crippen LogP contribution is -2.49. The van der Waals surface area contributed by atoms with Crippen molar-refractivity contribution in [1.29, 1.82) is 0 Å². The molecule has 2 rings (SSSR count). The fourth-order valence-electron chi connectivity index (χ4n) is 3.05.